The summed E-state index contributed by atoms with van der Waals surface area (Å²) in [4.78, 5) is 4.67. The van der Waals surface area contributed by atoms with Crippen molar-refractivity contribution in [2.75, 3.05) is 0 Å². The Labute approximate surface area is 105 Å². The summed E-state index contributed by atoms with van der Waals surface area (Å²) in [5.41, 5.74) is 3.48. The zero-order valence-corrected chi connectivity index (χ0v) is 10.2. The smallest absolute Gasteiger partial charge is 0.123 e. The van der Waals surface area contributed by atoms with Gasteiger partial charge in [0.05, 0.1) is 18.2 Å². The Morgan fingerprint density at radius 3 is 2.71 bits per heavy atom. The van der Waals surface area contributed by atoms with Gasteiger partial charge in [-0.05, 0) is 18.4 Å². The van der Waals surface area contributed by atoms with Gasteiger partial charge in [0, 0.05) is 16.9 Å². The molecule has 1 heterocycles. The molecule has 0 saturated heterocycles. The van der Waals surface area contributed by atoms with Crippen LogP contribution in [0.2, 0.25) is 0 Å². The lowest BCUT2D eigenvalue weighted by atomic mass is 10.1. The normalized spacial score (nSPS) is 14.5. The quantitative estimate of drug-likeness (QED) is 0.819. The minimum atomic E-state index is 0.478. The average Bonchev–Trinajstić information content (AvgIpc) is 3.09. The van der Waals surface area contributed by atoms with Crippen LogP contribution in [-0.4, -0.2) is 4.98 Å². The third kappa shape index (κ3) is 2.22. The maximum atomic E-state index is 8.62. The predicted octanol–water partition coefficient (Wildman–Crippen LogP) is 3.75. The average molecular weight is 240 g/mol. The first-order chi connectivity index (χ1) is 8.36. The van der Waals surface area contributed by atoms with Gasteiger partial charge in [-0.1, -0.05) is 24.3 Å². The lowest BCUT2D eigenvalue weighted by Gasteiger charge is -1.98. The molecular weight excluding hydrogens is 228 g/mol. The highest BCUT2D eigenvalue weighted by Gasteiger charge is 2.26. The first-order valence-electron chi connectivity index (χ1n) is 5.78. The van der Waals surface area contributed by atoms with Crippen LogP contribution in [0.25, 0.3) is 10.6 Å². The fourth-order valence-corrected chi connectivity index (χ4v) is 2.75. The van der Waals surface area contributed by atoms with E-state index in [1.165, 1.54) is 18.5 Å². The van der Waals surface area contributed by atoms with Crippen LogP contribution < -0.4 is 0 Å². The van der Waals surface area contributed by atoms with Crippen LogP contribution in [0.5, 0.6) is 0 Å². The second kappa shape index (κ2) is 4.31. The molecule has 0 unspecified atom stereocenters. The number of nitrogens with zero attached hydrogens (tertiary/aromatic N) is 2. The van der Waals surface area contributed by atoms with Gasteiger partial charge < -0.3 is 0 Å². The summed E-state index contributed by atoms with van der Waals surface area (Å²) >= 11 is 1.71. The lowest BCUT2D eigenvalue weighted by molar-refractivity contribution is 1.05. The minimum Gasteiger partial charge on any atom is -0.241 e. The van der Waals surface area contributed by atoms with Gasteiger partial charge in [-0.2, -0.15) is 5.26 Å². The van der Waals surface area contributed by atoms with Crippen LogP contribution in [-0.2, 0) is 6.42 Å². The monoisotopic (exact) mass is 240 g/mol. The summed E-state index contributed by atoms with van der Waals surface area (Å²) < 4.78 is 0. The van der Waals surface area contributed by atoms with Crippen molar-refractivity contribution in [3.63, 3.8) is 0 Å². The van der Waals surface area contributed by atoms with E-state index in [-0.39, 0.29) is 0 Å². The van der Waals surface area contributed by atoms with Gasteiger partial charge in [0.1, 0.15) is 5.01 Å². The molecule has 3 heteroatoms. The zero-order chi connectivity index (χ0) is 11.7. The molecule has 1 aliphatic rings. The molecule has 2 nitrogen and oxygen atoms in total. The summed E-state index contributed by atoms with van der Waals surface area (Å²) in [6, 6.07) is 10.3. The number of aromatic nitrogens is 1. The molecule has 0 atom stereocenters. The number of rotatable bonds is 3. The molecule has 0 N–H and O–H groups in total. The predicted molar refractivity (Wildman–Crippen MR) is 68.8 cm³/mol. The van der Waals surface area contributed by atoms with E-state index in [2.05, 4.69) is 28.6 Å². The Bertz CT molecular complexity index is 559. The third-order valence-electron chi connectivity index (χ3n) is 3.00. The van der Waals surface area contributed by atoms with E-state index in [1.54, 1.807) is 11.3 Å². The van der Waals surface area contributed by atoms with Crippen molar-refractivity contribution in [1.82, 2.24) is 4.98 Å². The van der Waals surface area contributed by atoms with Crippen molar-refractivity contribution in [2.24, 2.45) is 0 Å². The van der Waals surface area contributed by atoms with Crippen LogP contribution >= 0.6 is 11.3 Å². The molecule has 1 aliphatic carbocycles. The van der Waals surface area contributed by atoms with Crippen molar-refractivity contribution in [3.05, 3.63) is 40.9 Å². The molecule has 1 aromatic carbocycles. The zero-order valence-electron chi connectivity index (χ0n) is 9.39. The van der Waals surface area contributed by atoms with Crippen molar-refractivity contribution in [2.45, 2.75) is 25.2 Å². The topological polar surface area (TPSA) is 36.7 Å². The van der Waals surface area contributed by atoms with Crippen LogP contribution in [0.1, 0.15) is 30.0 Å². The fourth-order valence-electron chi connectivity index (χ4n) is 1.84. The molecule has 0 amide bonds. The molecule has 17 heavy (non-hydrogen) atoms. The Kier molecular flexibility index (Phi) is 2.66. The number of hydrogen-bond acceptors (Lipinski definition) is 3. The number of hydrogen-bond donors (Lipinski definition) is 0. The van der Waals surface area contributed by atoms with Crippen molar-refractivity contribution in [3.8, 4) is 16.6 Å². The van der Waals surface area contributed by atoms with Crippen molar-refractivity contribution < 1.29 is 0 Å². The van der Waals surface area contributed by atoms with E-state index >= 15 is 0 Å². The molecule has 2 aromatic rings. The molecule has 1 fully saturated rings. The minimum absolute atomic E-state index is 0.478. The Balaban J connectivity index is 1.84. The second-order valence-electron chi connectivity index (χ2n) is 4.38. The van der Waals surface area contributed by atoms with Gasteiger partial charge in [0.2, 0.25) is 0 Å². The highest BCUT2D eigenvalue weighted by molar-refractivity contribution is 7.13. The Morgan fingerprint density at radius 1 is 1.29 bits per heavy atom. The summed E-state index contributed by atoms with van der Waals surface area (Å²) in [5, 5.41) is 11.9. The standard InChI is InChI=1S/C14H12N2S/c15-8-7-10-1-3-12(4-2-10)14-16-13(9-17-14)11-5-6-11/h1-4,9,11H,5-7H2. The van der Waals surface area contributed by atoms with Gasteiger partial charge in [-0.3, -0.25) is 0 Å². The van der Waals surface area contributed by atoms with Crippen LogP contribution in [0.15, 0.2) is 29.6 Å². The molecule has 0 bridgehead atoms. The first-order valence-corrected chi connectivity index (χ1v) is 6.66. The van der Waals surface area contributed by atoms with Crippen molar-refractivity contribution >= 4 is 11.3 Å². The first kappa shape index (κ1) is 10.5. The van der Waals surface area contributed by atoms with Gasteiger partial charge in [0.15, 0.2) is 0 Å². The van der Waals surface area contributed by atoms with E-state index in [9.17, 15) is 0 Å². The number of benzene rings is 1. The van der Waals surface area contributed by atoms with Gasteiger partial charge >= 0.3 is 0 Å². The Morgan fingerprint density at radius 2 is 2.06 bits per heavy atom. The molecule has 1 aromatic heterocycles. The lowest BCUT2D eigenvalue weighted by Crippen LogP contribution is -1.83. The number of thiazole rings is 1. The number of nitriles is 1. The van der Waals surface area contributed by atoms with E-state index in [1.807, 2.05) is 12.1 Å². The molecule has 0 spiro atoms. The molecule has 1 saturated carbocycles. The van der Waals surface area contributed by atoms with Crippen LogP contribution in [0.4, 0.5) is 0 Å². The molecule has 3 rings (SSSR count). The van der Waals surface area contributed by atoms with Gasteiger partial charge in [-0.25, -0.2) is 4.98 Å². The van der Waals surface area contributed by atoms with E-state index < -0.39 is 0 Å². The van der Waals surface area contributed by atoms with E-state index in [0.29, 0.717) is 6.42 Å². The molecular formula is C14H12N2S. The summed E-state index contributed by atoms with van der Waals surface area (Å²) in [7, 11) is 0. The maximum Gasteiger partial charge on any atom is 0.123 e. The summed E-state index contributed by atoms with van der Waals surface area (Å²) in [6.07, 6.45) is 3.07. The highest BCUT2D eigenvalue weighted by atomic mass is 32.1. The van der Waals surface area contributed by atoms with Gasteiger partial charge in [-0.15, -0.1) is 11.3 Å². The highest BCUT2D eigenvalue weighted by Crippen LogP contribution is 2.41. The van der Waals surface area contributed by atoms with E-state index in [0.717, 1.165) is 22.1 Å². The molecule has 0 aliphatic heterocycles. The molecule has 0 radical (unpaired) electrons. The maximum absolute atomic E-state index is 8.62. The Hall–Kier alpha value is -1.66. The van der Waals surface area contributed by atoms with Crippen LogP contribution in [0.3, 0.4) is 0 Å². The SMILES string of the molecule is N#CCc1ccc(-c2nc(C3CC3)cs2)cc1. The summed E-state index contributed by atoms with van der Waals surface area (Å²) in [6.45, 7) is 0. The summed E-state index contributed by atoms with van der Waals surface area (Å²) in [5.74, 6) is 0.720. The largest absolute Gasteiger partial charge is 0.241 e. The third-order valence-corrected chi connectivity index (χ3v) is 3.91. The molecule has 84 valence electrons. The van der Waals surface area contributed by atoms with Gasteiger partial charge in [0.25, 0.3) is 0 Å². The van der Waals surface area contributed by atoms with E-state index in [4.69, 9.17) is 5.26 Å². The van der Waals surface area contributed by atoms with Crippen LogP contribution in [0, 0.1) is 11.3 Å². The second-order valence-corrected chi connectivity index (χ2v) is 5.24. The van der Waals surface area contributed by atoms with Crippen molar-refractivity contribution in [1.29, 1.82) is 5.26 Å². The fraction of sp³-hybridized carbons (Fsp3) is 0.286.